The lowest BCUT2D eigenvalue weighted by Gasteiger charge is -2.39. The summed E-state index contributed by atoms with van der Waals surface area (Å²) < 4.78 is 68.5. The van der Waals surface area contributed by atoms with Gasteiger partial charge in [0.2, 0.25) is 10.0 Å². The molecule has 0 aliphatic carbocycles. The Balaban J connectivity index is 1.76. The summed E-state index contributed by atoms with van der Waals surface area (Å²) in [5.41, 5.74) is -1.11. The lowest BCUT2D eigenvalue weighted by atomic mass is 9.91. The number of alkyl halides is 3. The van der Waals surface area contributed by atoms with Gasteiger partial charge in [-0.15, -0.1) is 0 Å². The van der Waals surface area contributed by atoms with E-state index in [2.05, 4.69) is 0 Å². The summed E-state index contributed by atoms with van der Waals surface area (Å²) in [6, 6.07) is 19.1. The molecule has 0 unspecified atom stereocenters. The van der Waals surface area contributed by atoms with Gasteiger partial charge in [-0.05, 0) is 29.8 Å². The first kappa shape index (κ1) is 20.7. The van der Waals surface area contributed by atoms with E-state index >= 15 is 0 Å². The van der Waals surface area contributed by atoms with Crippen molar-refractivity contribution < 1.29 is 26.4 Å². The van der Waals surface area contributed by atoms with Crippen LogP contribution in [0.2, 0.25) is 0 Å². The van der Waals surface area contributed by atoms with Crippen LogP contribution in [0.1, 0.15) is 27.0 Å². The molecule has 2 aliphatic rings. The van der Waals surface area contributed by atoms with E-state index in [1.165, 1.54) is 4.90 Å². The van der Waals surface area contributed by atoms with Gasteiger partial charge in [-0.1, -0.05) is 54.6 Å². The number of carbonyl (C=O) groups is 1. The Labute approximate surface area is 182 Å². The predicted octanol–water partition coefficient (Wildman–Crippen LogP) is 4.07. The van der Waals surface area contributed by atoms with Gasteiger partial charge in [-0.3, -0.25) is 4.79 Å². The average Bonchev–Trinajstić information content (AvgIpc) is 3.30. The molecular formula is C23H17F3N2O3S. The Morgan fingerprint density at radius 1 is 0.844 bits per heavy atom. The third-order valence-corrected chi connectivity index (χ3v) is 7.86. The lowest BCUT2D eigenvalue weighted by molar-refractivity contribution is -0.137. The van der Waals surface area contributed by atoms with Crippen LogP contribution in [0.25, 0.3) is 0 Å². The highest BCUT2D eigenvalue weighted by Crippen LogP contribution is 2.51. The largest absolute Gasteiger partial charge is 0.416 e. The zero-order valence-corrected chi connectivity index (χ0v) is 17.4. The summed E-state index contributed by atoms with van der Waals surface area (Å²) in [5, 5.41) is 0. The second-order valence-electron chi connectivity index (χ2n) is 7.64. The number of carbonyl (C=O) groups excluding carboxylic acids is 1. The van der Waals surface area contributed by atoms with Gasteiger partial charge >= 0.3 is 6.18 Å². The molecule has 0 aromatic heterocycles. The van der Waals surface area contributed by atoms with E-state index in [4.69, 9.17) is 0 Å². The Bertz CT molecular complexity index is 1330. The summed E-state index contributed by atoms with van der Waals surface area (Å²) in [4.78, 5) is 14.2. The zero-order valence-electron chi connectivity index (χ0n) is 16.6. The van der Waals surface area contributed by atoms with Crippen molar-refractivity contribution in [2.45, 2.75) is 16.7 Å². The van der Waals surface area contributed by atoms with E-state index in [0.717, 1.165) is 22.5 Å². The molecule has 0 saturated carbocycles. The molecule has 1 fully saturated rings. The zero-order chi connectivity index (χ0) is 22.7. The first-order valence-electron chi connectivity index (χ1n) is 9.85. The number of benzene rings is 3. The van der Waals surface area contributed by atoms with Crippen molar-refractivity contribution >= 4 is 15.9 Å². The second-order valence-corrected chi connectivity index (χ2v) is 9.51. The van der Waals surface area contributed by atoms with Crippen molar-refractivity contribution in [3.05, 3.63) is 101 Å². The van der Waals surface area contributed by atoms with Crippen LogP contribution in [0, 0.1) is 0 Å². The summed E-state index contributed by atoms with van der Waals surface area (Å²) in [6.07, 6.45) is -4.68. The van der Waals surface area contributed by atoms with Gasteiger partial charge < -0.3 is 4.90 Å². The highest BCUT2D eigenvalue weighted by molar-refractivity contribution is 7.89. The third-order valence-electron chi connectivity index (χ3n) is 5.98. The van der Waals surface area contributed by atoms with Gasteiger partial charge in [0, 0.05) is 24.2 Å². The molecule has 1 saturated heterocycles. The molecule has 5 nitrogen and oxygen atoms in total. The minimum absolute atomic E-state index is 0.0481. The number of hydrogen-bond acceptors (Lipinski definition) is 3. The van der Waals surface area contributed by atoms with Crippen molar-refractivity contribution in [3.8, 4) is 0 Å². The molecule has 164 valence electrons. The molecule has 1 amide bonds. The van der Waals surface area contributed by atoms with Gasteiger partial charge in [0.25, 0.3) is 5.91 Å². The molecule has 1 atom stereocenters. The van der Waals surface area contributed by atoms with Gasteiger partial charge in [-0.2, -0.15) is 17.5 Å². The van der Waals surface area contributed by atoms with Crippen molar-refractivity contribution in [3.63, 3.8) is 0 Å². The smallest absolute Gasteiger partial charge is 0.310 e. The SMILES string of the molecule is O=C1c2ccccc2[C@@]2(c3ccccc3)N1CCN2S(=O)(=O)c1cccc(C(F)(F)F)c1. The van der Waals surface area contributed by atoms with Crippen LogP contribution < -0.4 is 0 Å². The van der Waals surface area contributed by atoms with E-state index in [1.54, 1.807) is 54.6 Å². The highest BCUT2D eigenvalue weighted by atomic mass is 32.2. The van der Waals surface area contributed by atoms with Gasteiger partial charge in [0.1, 0.15) is 0 Å². The molecular weight excluding hydrogens is 441 g/mol. The summed E-state index contributed by atoms with van der Waals surface area (Å²) in [6.45, 7) is 0.0636. The Morgan fingerprint density at radius 3 is 2.25 bits per heavy atom. The van der Waals surface area contributed by atoms with Crippen LogP contribution in [0.4, 0.5) is 13.2 Å². The van der Waals surface area contributed by atoms with E-state index in [1.807, 2.05) is 0 Å². The summed E-state index contributed by atoms with van der Waals surface area (Å²) >= 11 is 0. The predicted molar refractivity (Wildman–Crippen MR) is 110 cm³/mol. The van der Waals surface area contributed by atoms with Crippen LogP contribution in [0.5, 0.6) is 0 Å². The van der Waals surface area contributed by atoms with Crippen molar-refractivity contribution in [1.29, 1.82) is 0 Å². The number of sulfonamides is 1. The molecule has 2 aliphatic heterocycles. The number of nitrogens with zero attached hydrogens (tertiary/aromatic N) is 2. The van der Waals surface area contributed by atoms with Crippen LogP contribution in [0.3, 0.4) is 0 Å². The number of halogens is 3. The fourth-order valence-electron chi connectivity index (χ4n) is 4.68. The van der Waals surface area contributed by atoms with Crippen molar-refractivity contribution in [2.75, 3.05) is 13.1 Å². The fourth-order valence-corrected chi connectivity index (χ4v) is 6.43. The van der Waals surface area contributed by atoms with Crippen molar-refractivity contribution in [2.24, 2.45) is 0 Å². The highest BCUT2D eigenvalue weighted by Gasteiger charge is 2.61. The van der Waals surface area contributed by atoms with Gasteiger partial charge in [0.05, 0.1) is 10.5 Å². The van der Waals surface area contributed by atoms with Crippen LogP contribution in [-0.4, -0.2) is 36.6 Å². The second kappa shape index (κ2) is 6.91. The summed E-state index contributed by atoms with van der Waals surface area (Å²) in [7, 11) is -4.41. The van der Waals surface area contributed by atoms with Crippen molar-refractivity contribution in [1.82, 2.24) is 9.21 Å². The molecule has 0 radical (unpaired) electrons. The molecule has 0 N–H and O–H groups in total. The molecule has 32 heavy (non-hydrogen) atoms. The van der Waals surface area contributed by atoms with E-state index < -0.39 is 32.3 Å². The van der Waals surface area contributed by atoms with E-state index in [0.29, 0.717) is 22.8 Å². The monoisotopic (exact) mass is 458 g/mol. The van der Waals surface area contributed by atoms with Crippen LogP contribution >= 0.6 is 0 Å². The first-order chi connectivity index (χ1) is 15.2. The molecule has 9 heteroatoms. The number of rotatable bonds is 3. The molecule has 3 aromatic rings. The lowest BCUT2D eigenvalue weighted by Crippen LogP contribution is -2.51. The molecule has 2 heterocycles. The van der Waals surface area contributed by atoms with Crippen LogP contribution in [0.15, 0.2) is 83.8 Å². The minimum atomic E-state index is -4.68. The fraction of sp³-hybridized carbons (Fsp3) is 0.174. The maximum absolute atomic E-state index is 13.8. The average molecular weight is 458 g/mol. The van der Waals surface area contributed by atoms with Gasteiger partial charge in [-0.25, -0.2) is 8.42 Å². The van der Waals surface area contributed by atoms with E-state index in [-0.39, 0.29) is 19.0 Å². The topological polar surface area (TPSA) is 57.7 Å². The number of hydrogen-bond donors (Lipinski definition) is 0. The normalized spacial score (nSPS) is 21.0. The minimum Gasteiger partial charge on any atom is -0.310 e. The molecule has 0 spiro atoms. The van der Waals surface area contributed by atoms with Gasteiger partial charge in [0.15, 0.2) is 5.66 Å². The Hall–Kier alpha value is -3.17. The van der Waals surface area contributed by atoms with E-state index in [9.17, 15) is 26.4 Å². The third kappa shape index (κ3) is 2.74. The number of amides is 1. The maximum atomic E-state index is 13.8. The Kier molecular flexibility index (Phi) is 4.48. The maximum Gasteiger partial charge on any atom is 0.416 e. The first-order valence-corrected chi connectivity index (χ1v) is 11.3. The Morgan fingerprint density at radius 2 is 1.53 bits per heavy atom. The molecule has 5 rings (SSSR count). The quantitative estimate of drug-likeness (QED) is 0.595. The summed E-state index contributed by atoms with van der Waals surface area (Å²) in [5.74, 6) is -0.314. The van der Waals surface area contributed by atoms with Crippen LogP contribution in [-0.2, 0) is 21.9 Å². The standard InChI is InChI=1S/C23H17F3N2O3S/c24-23(25,26)17-9-6-10-18(15-17)32(30,31)28-14-13-27-21(29)19-11-4-5-12-20(19)22(27,28)16-7-2-1-3-8-16/h1-12,15H,13-14H2/t22-/m0/s1. The molecule has 3 aromatic carbocycles. The number of fused-ring (bicyclic) bond motifs is 3. The molecule has 0 bridgehead atoms.